The van der Waals surface area contributed by atoms with Crippen molar-refractivity contribution in [1.82, 2.24) is 0 Å². The Bertz CT molecular complexity index is 667. The largest absolute Gasteiger partial charge is 0.394 e. The predicted molar refractivity (Wildman–Crippen MR) is 88.8 cm³/mol. The SMILES string of the molecule is CC#CC1=C(Sc2ccccc2)C(COCCO)C(=O)CC1=O. The van der Waals surface area contributed by atoms with Gasteiger partial charge in [0.2, 0.25) is 0 Å². The summed E-state index contributed by atoms with van der Waals surface area (Å²) in [5.74, 6) is 4.69. The van der Waals surface area contributed by atoms with E-state index in [1.807, 2.05) is 30.3 Å². The average Bonchev–Trinajstić information content (AvgIpc) is 2.55. The normalized spacial score (nSPS) is 17.9. The lowest BCUT2D eigenvalue weighted by molar-refractivity contribution is -0.129. The second-order valence-electron chi connectivity index (χ2n) is 4.95. The number of ketones is 2. The molecule has 0 amide bonds. The van der Waals surface area contributed by atoms with Gasteiger partial charge in [-0.25, -0.2) is 0 Å². The van der Waals surface area contributed by atoms with Crippen molar-refractivity contribution in [3.8, 4) is 11.8 Å². The van der Waals surface area contributed by atoms with Crippen molar-refractivity contribution >= 4 is 23.3 Å². The predicted octanol–water partition coefficient (Wildman–Crippen LogP) is 2.22. The van der Waals surface area contributed by atoms with Gasteiger partial charge in [-0.05, 0) is 19.1 Å². The summed E-state index contributed by atoms with van der Waals surface area (Å²) in [4.78, 5) is 26.1. The van der Waals surface area contributed by atoms with Gasteiger partial charge < -0.3 is 9.84 Å². The zero-order valence-corrected chi connectivity index (χ0v) is 13.7. The molecule has 120 valence electrons. The molecule has 0 radical (unpaired) electrons. The molecule has 1 aromatic carbocycles. The number of rotatable bonds is 6. The van der Waals surface area contributed by atoms with Crippen LogP contribution in [0.5, 0.6) is 0 Å². The van der Waals surface area contributed by atoms with Crippen molar-refractivity contribution in [2.24, 2.45) is 5.92 Å². The third-order valence-corrected chi connectivity index (χ3v) is 4.52. The van der Waals surface area contributed by atoms with Crippen molar-refractivity contribution in [1.29, 1.82) is 0 Å². The van der Waals surface area contributed by atoms with Crippen LogP contribution in [0.4, 0.5) is 0 Å². The fraction of sp³-hybridized carbons (Fsp3) is 0.333. The molecule has 1 aromatic rings. The number of aliphatic hydroxyl groups is 1. The van der Waals surface area contributed by atoms with Crippen molar-refractivity contribution in [3.05, 3.63) is 40.8 Å². The molecule has 4 nitrogen and oxygen atoms in total. The lowest BCUT2D eigenvalue weighted by Gasteiger charge is -2.24. The first-order valence-electron chi connectivity index (χ1n) is 7.31. The van der Waals surface area contributed by atoms with Gasteiger partial charge in [-0.2, -0.15) is 0 Å². The van der Waals surface area contributed by atoms with Gasteiger partial charge in [0, 0.05) is 9.80 Å². The van der Waals surface area contributed by atoms with Crippen LogP contribution >= 0.6 is 11.8 Å². The Balaban J connectivity index is 2.37. The third kappa shape index (κ3) is 4.55. The number of carbonyl (C=O) groups excluding carboxylic acids is 2. The molecule has 0 spiro atoms. The van der Waals surface area contributed by atoms with E-state index in [2.05, 4.69) is 11.8 Å². The molecule has 0 fully saturated rings. The summed E-state index contributed by atoms with van der Waals surface area (Å²) >= 11 is 1.38. The lowest BCUT2D eigenvalue weighted by atomic mass is 9.88. The van der Waals surface area contributed by atoms with Crippen LogP contribution < -0.4 is 0 Å². The summed E-state index contributed by atoms with van der Waals surface area (Å²) in [5, 5.41) is 8.84. The topological polar surface area (TPSA) is 63.6 Å². The van der Waals surface area contributed by atoms with E-state index in [0.29, 0.717) is 10.5 Å². The minimum Gasteiger partial charge on any atom is -0.394 e. The zero-order chi connectivity index (χ0) is 16.7. The van der Waals surface area contributed by atoms with Gasteiger partial charge in [-0.3, -0.25) is 9.59 Å². The summed E-state index contributed by atoms with van der Waals surface area (Å²) in [5.41, 5.74) is 0.401. The highest BCUT2D eigenvalue weighted by Gasteiger charge is 2.35. The van der Waals surface area contributed by atoms with Crippen LogP contribution in [0.15, 0.2) is 45.7 Å². The van der Waals surface area contributed by atoms with Crippen LogP contribution in [0.3, 0.4) is 0 Å². The molecule has 5 heteroatoms. The molecule has 0 aliphatic heterocycles. The number of hydrogen-bond acceptors (Lipinski definition) is 5. The van der Waals surface area contributed by atoms with Crippen LogP contribution in [0.25, 0.3) is 0 Å². The molecule has 1 unspecified atom stereocenters. The highest BCUT2D eigenvalue weighted by atomic mass is 32.2. The second-order valence-corrected chi connectivity index (χ2v) is 6.06. The maximum atomic E-state index is 12.3. The van der Waals surface area contributed by atoms with E-state index in [0.717, 1.165) is 4.90 Å². The molecule has 2 rings (SSSR count). The first-order valence-corrected chi connectivity index (χ1v) is 8.13. The highest BCUT2D eigenvalue weighted by molar-refractivity contribution is 8.03. The summed E-state index contributed by atoms with van der Waals surface area (Å²) in [6.45, 7) is 1.87. The van der Waals surface area contributed by atoms with E-state index < -0.39 is 5.92 Å². The smallest absolute Gasteiger partial charge is 0.179 e. The zero-order valence-electron chi connectivity index (χ0n) is 12.9. The average molecular weight is 330 g/mol. The molecule has 0 aromatic heterocycles. The molecule has 1 aliphatic rings. The fourth-order valence-corrected chi connectivity index (χ4v) is 3.41. The van der Waals surface area contributed by atoms with Crippen LogP contribution in [-0.4, -0.2) is 36.5 Å². The summed E-state index contributed by atoms with van der Waals surface area (Å²) in [7, 11) is 0. The van der Waals surface area contributed by atoms with Gasteiger partial charge in [0.25, 0.3) is 0 Å². The minimum atomic E-state index is -0.514. The Morgan fingerprint density at radius 2 is 2.04 bits per heavy atom. The number of Topliss-reactive ketones (excluding diaryl/α,β-unsaturated/α-hetero) is 2. The molecule has 0 bridgehead atoms. The molecule has 0 saturated heterocycles. The maximum Gasteiger partial charge on any atom is 0.179 e. The third-order valence-electron chi connectivity index (χ3n) is 3.31. The molecule has 0 heterocycles. The first-order chi connectivity index (χ1) is 11.2. The molecular weight excluding hydrogens is 312 g/mol. The van der Waals surface area contributed by atoms with Crippen molar-refractivity contribution in [2.45, 2.75) is 18.2 Å². The minimum absolute atomic E-state index is 0.105. The number of carbonyl (C=O) groups is 2. The van der Waals surface area contributed by atoms with E-state index in [1.165, 1.54) is 11.8 Å². The molecule has 0 saturated carbocycles. The van der Waals surface area contributed by atoms with Crippen molar-refractivity contribution < 1.29 is 19.4 Å². The maximum absolute atomic E-state index is 12.3. The Morgan fingerprint density at radius 3 is 2.70 bits per heavy atom. The lowest BCUT2D eigenvalue weighted by Crippen LogP contribution is -2.31. The monoisotopic (exact) mass is 330 g/mol. The van der Waals surface area contributed by atoms with E-state index in [4.69, 9.17) is 9.84 Å². The Morgan fingerprint density at radius 1 is 1.30 bits per heavy atom. The fourth-order valence-electron chi connectivity index (χ4n) is 2.26. The highest BCUT2D eigenvalue weighted by Crippen LogP contribution is 2.38. The molecule has 1 atom stereocenters. The Labute approximate surface area is 139 Å². The van der Waals surface area contributed by atoms with E-state index in [9.17, 15) is 9.59 Å². The van der Waals surface area contributed by atoms with Gasteiger partial charge in [-0.1, -0.05) is 35.9 Å². The summed E-state index contributed by atoms with van der Waals surface area (Å²) in [6.07, 6.45) is -0.143. The van der Waals surface area contributed by atoms with E-state index >= 15 is 0 Å². The van der Waals surface area contributed by atoms with E-state index in [-0.39, 0.29) is 37.8 Å². The van der Waals surface area contributed by atoms with Crippen LogP contribution in [-0.2, 0) is 14.3 Å². The van der Waals surface area contributed by atoms with E-state index in [1.54, 1.807) is 6.92 Å². The first kappa shape index (κ1) is 17.5. The van der Waals surface area contributed by atoms with Crippen molar-refractivity contribution in [2.75, 3.05) is 19.8 Å². The second kappa shape index (κ2) is 8.68. The van der Waals surface area contributed by atoms with Crippen LogP contribution in [0.2, 0.25) is 0 Å². The number of aliphatic hydroxyl groups excluding tert-OH is 1. The van der Waals surface area contributed by atoms with Crippen molar-refractivity contribution in [3.63, 3.8) is 0 Å². The number of hydrogen-bond donors (Lipinski definition) is 1. The van der Waals surface area contributed by atoms with Gasteiger partial charge >= 0.3 is 0 Å². The molecule has 23 heavy (non-hydrogen) atoms. The van der Waals surface area contributed by atoms with Gasteiger partial charge in [-0.15, -0.1) is 5.92 Å². The van der Waals surface area contributed by atoms with Gasteiger partial charge in [0.05, 0.1) is 37.7 Å². The van der Waals surface area contributed by atoms with Crippen LogP contribution in [0.1, 0.15) is 13.3 Å². The standard InChI is InChI=1S/C18H18O4S/c1-2-6-14-16(20)11-17(21)15(12-22-10-9-19)18(14)23-13-7-4-3-5-8-13/h3-5,7-8,15,19H,9-12H2,1H3. The number of ether oxygens (including phenoxy) is 1. The molecular formula is C18H18O4S. The van der Waals surface area contributed by atoms with Crippen LogP contribution in [0, 0.1) is 17.8 Å². The Kier molecular flexibility index (Phi) is 6.60. The van der Waals surface area contributed by atoms with Gasteiger partial charge in [0.1, 0.15) is 0 Å². The summed E-state index contributed by atoms with van der Waals surface area (Å²) in [6, 6.07) is 9.55. The molecule has 1 N–H and O–H groups in total. The molecule has 1 aliphatic carbocycles. The van der Waals surface area contributed by atoms with Gasteiger partial charge in [0.15, 0.2) is 11.6 Å². The number of benzene rings is 1. The number of allylic oxidation sites excluding steroid dienone is 1. The quantitative estimate of drug-likeness (QED) is 0.492. The Hall–Kier alpha value is -1.87. The number of thioether (sulfide) groups is 1. The summed E-state index contributed by atoms with van der Waals surface area (Å²) < 4.78 is 5.34.